The Morgan fingerprint density at radius 3 is 2.77 bits per heavy atom. The number of carbonyl (C=O) groups is 1. The molecule has 0 aliphatic carbocycles. The standard InChI is InChI=1S/C18H24N2O2/c1-13(2)15-5-3-14(4-6-15)12-19-8-7-18-16(19)11-17(21)20(18)9-10-22-18/h3-6,13,16H,7-12H2,1-2H3/t16-,18+/m1/s1. The Labute approximate surface area is 132 Å². The molecule has 1 aromatic rings. The first-order valence-corrected chi connectivity index (χ1v) is 8.37. The van der Waals surface area contributed by atoms with E-state index in [-0.39, 0.29) is 17.7 Å². The van der Waals surface area contributed by atoms with Gasteiger partial charge in [0.25, 0.3) is 0 Å². The van der Waals surface area contributed by atoms with E-state index in [1.54, 1.807) is 0 Å². The molecule has 0 unspecified atom stereocenters. The van der Waals surface area contributed by atoms with E-state index < -0.39 is 0 Å². The zero-order valence-corrected chi connectivity index (χ0v) is 13.4. The molecule has 4 rings (SSSR count). The summed E-state index contributed by atoms with van der Waals surface area (Å²) in [4.78, 5) is 16.6. The van der Waals surface area contributed by atoms with Crippen LogP contribution in [0.25, 0.3) is 0 Å². The van der Waals surface area contributed by atoms with Crippen molar-refractivity contribution in [2.45, 2.75) is 50.9 Å². The third kappa shape index (κ3) is 2.01. The van der Waals surface area contributed by atoms with Gasteiger partial charge in [0.2, 0.25) is 5.91 Å². The third-order valence-electron chi connectivity index (χ3n) is 5.54. The van der Waals surface area contributed by atoms with Gasteiger partial charge in [-0.05, 0) is 17.0 Å². The van der Waals surface area contributed by atoms with E-state index in [0.717, 1.165) is 26.1 Å². The summed E-state index contributed by atoms with van der Waals surface area (Å²) in [5.74, 6) is 0.833. The molecule has 4 nitrogen and oxygen atoms in total. The normalized spacial score (nSPS) is 31.1. The van der Waals surface area contributed by atoms with Crippen molar-refractivity contribution in [3.63, 3.8) is 0 Å². The van der Waals surface area contributed by atoms with Crippen LogP contribution in [0, 0.1) is 0 Å². The minimum atomic E-state index is -0.311. The molecule has 1 aromatic carbocycles. The Bertz CT molecular complexity index is 583. The van der Waals surface area contributed by atoms with Gasteiger partial charge in [0.15, 0.2) is 5.72 Å². The lowest BCUT2D eigenvalue weighted by atomic mass is 10.0. The van der Waals surface area contributed by atoms with Crippen LogP contribution in [0.3, 0.4) is 0 Å². The number of nitrogens with zero attached hydrogens (tertiary/aromatic N) is 2. The molecule has 3 aliphatic heterocycles. The van der Waals surface area contributed by atoms with E-state index in [2.05, 4.69) is 43.0 Å². The summed E-state index contributed by atoms with van der Waals surface area (Å²) in [5, 5.41) is 0. The van der Waals surface area contributed by atoms with Gasteiger partial charge < -0.3 is 9.64 Å². The van der Waals surface area contributed by atoms with Crippen molar-refractivity contribution in [2.75, 3.05) is 19.7 Å². The monoisotopic (exact) mass is 300 g/mol. The molecule has 0 bridgehead atoms. The first-order valence-electron chi connectivity index (χ1n) is 8.37. The van der Waals surface area contributed by atoms with Crippen LogP contribution >= 0.6 is 0 Å². The lowest BCUT2D eigenvalue weighted by Gasteiger charge is -2.31. The number of hydrogen-bond acceptors (Lipinski definition) is 3. The minimum absolute atomic E-state index is 0.229. The molecule has 3 aliphatic rings. The summed E-state index contributed by atoms with van der Waals surface area (Å²) in [6, 6.07) is 9.13. The second-order valence-electron chi connectivity index (χ2n) is 7.08. The largest absolute Gasteiger partial charge is 0.352 e. The van der Waals surface area contributed by atoms with E-state index in [1.807, 2.05) is 4.90 Å². The van der Waals surface area contributed by atoms with Gasteiger partial charge in [-0.3, -0.25) is 9.69 Å². The van der Waals surface area contributed by atoms with Gasteiger partial charge in [-0.1, -0.05) is 38.1 Å². The number of amides is 1. The fourth-order valence-corrected chi connectivity index (χ4v) is 4.31. The highest BCUT2D eigenvalue weighted by Gasteiger charge is 2.61. The van der Waals surface area contributed by atoms with Gasteiger partial charge in [-0.25, -0.2) is 0 Å². The topological polar surface area (TPSA) is 32.8 Å². The van der Waals surface area contributed by atoms with E-state index in [9.17, 15) is 4.79 Å². The van der Waals surface area contributed by atoms with Gasteiger partial charge >= 0.3 is 0 Å². The van der Waals surface area contributed by atoms with Crippen molar-refractivity contribution in [3.05, 3.63) is 35.4 Å². The maximum Gasteiger partial charge on any atom is 0.226 e. The minimum Gasteiger partial charge on any atom is -0.352 e. The Kier molecular flexibility index (Phi) is 3.27. The summed E-state index contributed by atoms with van der Waals surface area (Å²) in [6.07, 6.45) is 1.57. The lowest BCUT2D eigenvalue weighted by Crippen LogP contribution is -2.47. The average molecular weight is 300 g/mol. The molecule has 2 atom stereocenters. The Balaban J connectivity index is 1.51. The van der Waals surface area contributed by atoms with Crippen LogP contribution in [-0.4, -0.2) is 47.2 Å². The van der Waals surface area contributed by atoms with Crippen LogP contribution in [0.5, 0.6) is 0 Å². The second kappa shape index (κ2) is 5.07. The van der Waals surface area contributed by atoms with Gasteiger partial charge in [-0.2, -0.15) is 0 Å². The van der Waals surface area contributed by atoms with Crippen LogP contribution < -0.4 is 0 Å². The summed E-state index contributed by atoms with van der Waals surface area (Å²) in [5.41, 5.74) is 2.39. The fraction of sp³-hybridized carbons (Fsp3) is 0.611. The van der Waals surface area contributed by atoms with Crippen molar-refractivity contribution in [3.8, 4) is 0 Å². The van der Waals surface area contributed by atoms with Gasteiger partial charge in [0.05, 0.1) is 12.6 Å². The van der Waals surface area contributed by atoms with Crippen molar-refractivity contribution in [1.82, 2.24) is 9.80 Å². The average Bonchev–Trinajstić information content (AvgIpc) is 3.13. The van der Waals surface area contributed by atoms with Crippen molar-refractivity contribution in [2.24, 2.45) is 0 Å². The zero-order chi connectivity index (χ0) is 15.3. The van der Waals surface area contributed by atoms with Crippen LogP contribution in [0.1, 0.15) is 43.7 Å². The molecule has 0 aromatic heterocycles. The first kappa shape index (κ1) is 14.2. The highest BCUT2D eigenvalue weighted by molar-refractivity contribution is 5.81. The predicted molar refractivity (Wildman–Crippen MR) is 84.4 cm³/mol. The summed E-state index contributed by atoms with van der Waals surface area (Å²) >= 11 is 0. The molecule has 3 fully saturated rings. The Morgan fingerprint density at radius 2 is 2.05 bits per heavy atom. The molecule has 4 heteroatoms. The van der Waals surface area contributed by atoms with Gasteiger partial charge in [-0.15, -0.1) is 0 Å². The summed E-state index contributed by atoms with van der Waals surface area (Å²) in [6.45, 7) is 7.83. The SMILES string of the molecule is CC(C)c1ccc(CN2CC[C@@]34OCCN3C(=O)C[C@@H]24)cc1. The van der Waals surface area contributed by atoms with Crippen LogP contribution in [0.4, 0.5) is 0 Å². The van der Waals surface area contributed by atoms with E-state index >= 15 is 0 Å². The molecule has 3 heterocycles. The molecule has 22 heavy (non-hydrogen) atoms. The maximum atomic E-state index is 12.2. The number of likely N-dealkylation sites (tertiary alicyclic amines) is 1. The number of ether oxygens (including phenoxy) is 1. The van der Waals surface area contributed by atoms with Crippen molar-refractivity contribution >= 4 is 5.91 Å². The van der Waals surface area contributed by atoms with Crippen LogP contribution in [0.15, 0.2) is 24.3 Å². The quantitative estimate of drug-likeness (QED) is 0.859. The van der Waals surface area contributed by atoms with E-state index in [0.29, 0.717) is 18.9 Å². The van der Waals surface area contributed by atoms with E-state index in [1.165, 1.54) is 11.1 Å². The number of hydrogen-bond donors (Lipinski definition) is 0. The molecule has 0 radical (unpaired) electrons. The number of rotatable bonds is 3. The molecule has 1 amide bonds. The zero-order valence-electron chi connectivity index (χ0n) is 13.4. The van der Waals surface area contributed by atoms with Crippen LogP contribution in [-0.2, 0) is 16.1 Å². The Morgan fingerprint density at radius 1 is 1.27 bits per heavy atom. The summed E-state index contributed by atoms with van der Waals surface area (Å²) in [7, 11) is 0. The molecule has 1 spiro atoms. The molecule has 0 N–H and O–H groups in total. The molecule has 3 saturated heterocycles. The summed E-state index contributed by atoms with van der Waals surface area (Å²) < 4.78 is 6.04. The second-order valence-corrected chi connectivity index (χ2v) is 7.08. The molecule has 118 valence electrons. The van der Waals surface area contributed by atoms with Gasteiger partial charge in [0.1, 0.15) is 0 Å². The van der Waals surface area contributed by atoms with Crippen LogP contribution in [0.2, 0.25) is 0 Å². The van der Waals surface area contributed by atoms with Gasteiger partial charge in [0, 0.05) is 32.5 Å². The number of benzene rings is 1. The van der Waals surface area contributed by atoms with Crippen molar-refractivity contribution < 1.29 is 9.53 Å². The Hall–Kier alpha value is -1.39. The molecule has 0 saturated carbocycles. The first-order chi connectivity index (χ1) is 10.6. The molecular formula is C18H24N2O2. The smallest absolute Gasteiger partial charge is 0.226 e. The fourth-order valence-electron chi connectivity index (χ4n) is 4.31. The number of carbonyl (C=O) groups excluding carboxylic acids is 1. The lowest BCUT2D eigenvalue weighted by molar-refractivity contribution is -0.136. The highest BCUT2D eigenvalue weighted by atomic mass is 16.5. The van der Waals surface area contributed by atoms with E-state index in [4.69, 9.17) is 4.74 Å². The predicted octanol–water partition coefficient (Wildman–Crippen LogP) is 2.34. The maximum absolute atomic E-state index is 12.2. The molecular weight excluding hydrogens is 276 g/mol. The third-order valence-corrected chi connectivity index (χ3v) is 5.54. The highest BCUT2D eigenvalue weighted by Crippen LogP contribution is 2.45. The van der Waals surface area contributed by atoms with Crippen molar-refractivity contribution in [1.29, 1.82) is 0 Å².